The van der Waals surface area contributed by atoms with Crippen LogP contribution in [0.4, 0.5) is 0 Å². The second-order valence-corrected chi connectivity index (χ2v) is 6.54. The molecule has 1 heterocycles. The van der Waals surface area contributed by atoms with Gasteiger partial charge in [0.25, 0.3) is 0 Å². The minimum atomic E-state index is -1.34. The molecule has 1 rings (SSSR count). The van der Waals surface area contributed by atoms with Crippen LogP contribution in [0.25, 0.3) is 0 Å². The quantitative estimate of drug-likeness (QED) is 0.300. The molecule has 0 N–H and O–H groups in total. The van der Waals surface area contributed by atoms with Gasteiger partial charge in [0.05, 0.1) is 0 Å². The molecular weight excluding hydrogens is 400 g/mol. The van der Waals surface area contributed by atoms with Gasteiger partial charge in [-0.05, 0) is 19.1 Å². The van der Waals surface area contributed by atoms with Crippen molar-refractivity contribution in [2.75, 3.05) is 0 Å². The van der Waals surface area contributed by atoms with Gasteiger partial charge in [0.15, 0.2) is 18.3 Å². The molecule has 0 saturated heterocycles. The number of hydrogen-bond donors (Lipinski definition) is 0. The SMILES string of the molecule is CC(=O)O[C@@H]([C@H](OC(C)=O)[C@@H](/C=C/[C@@H]1CC=CC(=O)O1)OC(C)=O)[C@@H](C)OC(C)=O. The number of esters is 5. The Bertz CT molecular complexity index is 723. The van der Waals surface area contributed by atoms with Crippen molar-refractivity contribution >= 4 is 29.8 Å². The Morgan fingerprint density at radius 1 is 0.933 bits per heavy atom. The molecule has 0 aromatic rings. The highest BCUT2D eigenvalue weighted by molar-refractivity contribution is 5.83. The van der Waals surface area contributed by atoms with Gasteiger partial charge >= 0.3 is 29.8 Å². The van der Waals surface area contributed by atoms with E-state index in [0.717, 1.165) is 27.7 Å². The summed E-state index contributed by atoms with van der Waals surface area (Å²) in [6.45, 7) is 6.00. The summed E-state index contributed by atoms with van der Waals surface area (Å²) in [5.74, 6) is -3.36. The lowest BCUT2D eigenvalue weighted by Crippen LogP contribution is -2.50. The Kier molecular flexibility index (Phi) is 9.73. The maximum absolute atomic E-state index is 11.7. The Hall–Kier alpha value is -3.17. The van der Waals surface area contributed by atoms with Crippen LogP contribution in [0.2, 0.25) is 0 Å². The van der Waals surface area contributed by atoms with Crippen LogP contribution in [-0.4, -0.2) is 60.4 Å². The summed E-state index contributed by atoms with van der Waals surface area (Å²) < 4.78 is 26.0. The van der Waals surface area contributed by atoms with E-state index in [2.05, 4.69) is 0 Å². The number of cyclic esters (lactones) is 1. The second kappa shape index (κ2) is 11.7. The van der Waals surface area contributed by atoms with E-state index < -0.39 is 60.4 Å². The van der Waals surface area contributed by atoms with Crippen LogP contribution in [0.5, 0.6) is 0 Å². The average molecular weight is 426 g/mol. The Balaban J connectivity index is 3.26. The van der Waals surface area contributed by atoms with E-state index in [-0.39, 0.29) is 0 Å². The molecule has 0 fully saturated rings. The second-order valence-electron chi connectivity index (χ2n) is 6.54. The van der Waals surface area contributed by atoms with Crippen molar-refractivity contribution in [3.05, 3.63) is 24.3 Å². The Morgan fingerprint density at radius 2 is 1.47 bits per heavy atom. The third-order valence-corrected chi connectivity index (χ3v) is 3.77. The van der Waals surface area contributed by atoms with Crippen molar-refractivity contribution in [1.82, 2.24) is 0 Å². The molecule has 0 spiro atoms. The van der Waals surface area contributed by atoms with Crippen molar-refractivity contribution in [2.45, 2.75) is 71.6 Å². The van der Waals surface area contributed by atoms with Crippen molar-refractivity contribution in [3.8, 4) is 0 Å². The third kappa shape index (κ3) is 8.89. The van der Waals surface area contributed by atoms with Gasteiger partial charge in [0.2, 0.25) is 0 Å². The maximum atomic E-state index is 11.7. The zero-order valence-electron chi connectivity index (χ0n) is 17.5. The predicted octanol–water partition coefficient (Wildman–Crippen LogP) is 1.16. The molecule has 0 aromatic carbocycles. The molecule has 0 aliphatic carbocycles. The molecule has 0 aromatic heterocycles. The average Bonchev–Trinajstić information content (AvgIpc) is 2.60. The first-order valence-electron chi connectivity index (χ1n) is 9.24. The van der Waals surface area contributed by atoms with Gasteiger partial charge in [-0.2, -0.15) is 0 Å². The van der Waals surface area contributed by atoms with Crippen molar-refractivity contribution in [2.24, 2.45) is 0 Å². The first kappa shape index (κ1) is 24.9. The lowest BCUT2D eigenvalue weighted by Gasteiger charge is -2.33. The van der Waals surface area contributed by atoms with Crippen LogP contribution in [0, 0.1) is 0 Å². The summed E-state index contributed by atoms with van der Waals surface area (Å²) in [6, 6.07) is 0. The highest BCUT2D eigenvalue weighted by atomic mass is 16.6. The summed E-state index contributed by atoms with van der Waals surface area (Å²) in [4.78, 5) is 57.8. The lowest BCUT2D eigenvalue weighted by atomic mass is 10.0. The third-order valence-electron chi connectivity index (χ3n) is 3.77. The summed E-state index contributed by atoms with van der Waals surface area (Å²) >= 11 is 0. The van der Waals surface area contributed by atoms with E-state index in [4.69, 9.17) is 23.7 Å². The van der Waals surface area contributed by atoms with E-state index in [9.17, 15) is 24.0 Å². The molecule has 1 aliphatic rings. The molecule has 0 amide bonds. The fraction of sp³-hybridized carbons (Fsp3) is 0.550. The molecule has 166 valence electrons. The van der Waals surface area contributed by atoms with E-state index >= 15 is 0 Å². The molecule has 1 aliphatic heterocycles. The van der Waals surface area contributed by atoms with Crippen LogP contribution in [-0.2, 0) is 47.7 Å². The van der Waals surface area contributed by atoms with E-state index in [1.54, 1.807) is 6.08 Å². The fourth-order valence-electron chi connectivity index (χ4n) is 2.76. The van der Waals surface area contributed by atoms with Gasteiger partial charge in [0, 0.05) is 40.2 Å². The van der Waals surface area contributed by atoms with Crippen LogP contribution in [0.15, 0.2) is 24.3 Å². The molecular formula is C20H26O10. The number of ether oxygens (including phenoxy) is 5. The first-order chi connectivity index (χ1) is 14.0. The van der Waals surface area contributed by atoms with E-state index in [1.807, 2.05) is 0 Å². The van der Waals surface area contributed by atoms with Crippen molar-refractivity contribution < 1.29 is 47.7 Å². The van der Waals surface area contributed by atoms with Gasteiger partial charge in [-0.15, -0.1) is 0 Å². The minimum Gasteiger partial charge on any atom is -0.459 e. The molecule has 10 nitrogen and oxygen atoms in total. The van der Waals surface area contributed by atoms with Gasteiger partial charge in [-0.25, -0.2) is 4.79 Å². The van der Waals surface area contributed by atoms with E-state index in [1.165, 1.54) is 25.2 Å². The van der Waals surface area contributed by atoms with Crippen LogP contribution in [0.1, 0.15) is 41.0 Å². The van der Waals surface area contributed by atoms with Crippen LogP contribution >= 0.6 is 0 Å². The largest absolute Gasteiger partial charge is 0.459 e. The molecule has 0 saturated carbocycles. The number of hydrogen-bond acceptors (Lipinski definition) is 10. The smallest absolute Gasteiger partial charge is 0.331 e. The standard InChI is InChI=1S/C20H26O10/c1-11(26-12(2)21)19(28-14(4)23)20(29-15(5)24)17(27-13(3)22)10-9-16-7-6-8-18(25)30-16/h6,8-11,16-17,19-20H,7H2,1-5H3/b10-9+/t11-,16+,17-,19-,20-/m1/s1. The Morgan fingerprint density at radius 3 is 1.97 bits per heavy atom. The number of rotatable bonds is 9. The molecule has 0 radical (unpaired) electrons. The van der Waals surface area contributed by atoms with Gasteiger partial charge in [-0.1, -0.05) is 6.08 Å². The van der Waals surface area contributed by atoms with Gasteiger partial charge in [-0.3, -0.25) is 19.2 Å². The van der Waals surface area contributed by atoms with Crippen LogP contribution < -0.4 is 0 Å². The summed E-state index contributed by atoms with van der Waals surface area (Å²) in [7, 11) is 0. The topological polar surface area (TPSA) is 132 Å². The van der Waals surface area contributed by atoms with Crippen molar-refractivity contribution in [1.29, 1.82) is 0 Å². The normalized spacial score (nSPS) is 19.8. The van der Waals surface area contributed by atoms with E-state index in [0.29, 0.717) is 6.42 Å². The molecule has 5 atom stereocenters. The highest BCUT2D eigenvalue weighted by Gasteiger charge is 2.40. The molecule has 0 bridgehead atoms. The van der Waals surface area contributed by atoms with Crippen LogP contribution in [0.3, 0.4) is 0 Å². The molecule has 0 unspecified atom stereocenters. The highest BCUT2D eigenvalue weighted by Crippen LogP contribution is 2.21. The minimum absolute atomic E-state index is 0.393. The predicted molar refractivity (Wildman–Crippen MR) is 101 cm³/mol. The molecule has 10 heteroatoms. The monoisotopic (exact) mass is 426 g/mol. The first-order valence-corrected chi connectivity index (χ1v) is 9.24. The fourth-order valence-corrected chi connectivity index (χ4v) is 2.76. The summed E-state index contributed by atoms with van der Waals surface area (Å²) in [6.07, 6.45) is 0.629. The number of carbonyl (C=O) groups is 5. The summed E-state index contributed by atoms with van der Waals surface area (Å²) in [5.41, 5.74) is 0. The summed E-state index contributed by atoms with van der Waals surface area (Å²) in [5, 5.41) is 0. The van der Waals surface area contributed by atoms with Gasteiger partial charge < -0.3 is 23.7 Å². The lowest BCUT2D eigenvalue weighted by molar-refractivity contribution is -0.193. The van der Waals surface area contributed by atoms with Gasteiger partial charge in [0.1, 0.15) is 12.2 Å². The zero-order chi connectivity index (χ0) is 22.8. The maximum Gasteiger partial charge on any atom is 0.331 e. The number of carbonyl (C=O) groups excluding carboxylic acids is 5. The zero-order valence-corrected chi connectivity index (χ0v) is 17.5. The molecule has 30 heavy (non-hydrogen) atoms. The Labute approximate surface area is 174 Å². The van der Waals surface area contributed by atoms with Crippen molar-refractivity contribution in [3.63, 3.8) is 0 Å².